The lowest BCUT2D eigenvalue weighted by Gasteiger charge is -2.26. The molecule has 12 nitrogen and oxygen atoms in total. The Morgan fingerprint density at radius 1 is 0.897 bits per heavy atom. The molecule has 0 radical (unpaired) electrons. The van der Waals surface area contributed by atoms with E-state index in [1.807, 2.05) is 0 Å². The van der Waals surface area contributed by atoms with E-state index in [1.54, 1.807) is 13.8 Å². The molecule has 0 aromatic heterocycles. The van der Waals surface area contributed by atoms with Gasteiger partial charge in [0.25, 0.3) is 0 Å². The molecule has 0 aliphatic rings. The van der Waals surface area contributed by atoms with Gasteiger partial charge in [-0.2, -0.15) is 12.6 Å². The molecule has 166 valence electrons. The van der Waals surface area contributed by atoms with Crippen LogP contribution in [-0.2, 0) is 24.0 Å². The molecule has 29 heavy (non-hydrogen) atoms. The lowest BCUT2D eigenvalue weighted by atomic mass is 10.0. The van der Waals surface area contributed by atoms with Crippen molar-refractivity contribution < 1.29 is 39.3 Å². The summed E-state index contributed by atoms with van der Waals surface area (Å²) in [6.45, 7) is 4.40. The maximum absolute atomic E-state index is 12.5. The summed E-state index contributed by atoms with van der Waals surface area (Å²) in [5, 5.41) is 34.0. The number of nitrogens with one attached hydrogen (secondary N) is 3. The van der Waals surface area contributed by atoms with Crippen LogP contribution in [0.25, 0.3) is 0 Å². The summed E-state index contributed by atoms with van der Waals surface area (Å²) >= 11 is 3.84. The molecule has 0 saturated heterocycles. The zero-order valence-corrected chi connectivity index (χ0v) is 17.2. The van der Waals surface area contributed by atoms with Crippen LogP contribution in [0.15, 0.2) is 0 Å². The van der Waals surface area contributed by atoms with Gasteiger partial charge in [-0.3, -0.25) is 19.2 Å². The Hall–Kier alpha value is -2.38. The van der Waals surface area contributed by atoms with Crippen molar-refractivity contribution in [2.75, 3.05) is 5.75 Å². The summed E-state index contributed by atoms with van der Waals surface area (Å²) in [6, 6.07) is -5.46. The minimum atomic E-state index is -1.57. The van der Waals surface area contributed by atoms with Gasteiger partial charge in [-0.25, -0.2) is 4.79 Å². The fourth-order valence-corrected chi connectivity index (χ4v) is 2.35. The number of carbonyl (C=O) groups excluding carboxylic acids is 3. The number of aliphatic hydroxyl groups is 1. The number of nitrogens with two attached hydrogens (primary N) is 1. The van der Waals surface area contributed by atoms with Gasteiger partial charge in [-0.05, 0) is 12.8 Å². The quantitative estimate of drug-likeness (QED) is 0.149. The van der Waals surface area contributed by atoms with Crippen LogP contribution < -0.4 is 21.7 Å². The van der Waals surface area contributed by atoms with Crippen LogP contribution in [0.3, 0.4) is 0 Å². The smallest absolute Gasteiger partial charge is 0.327 e. The highest BCUT2D eigenvalue weighted by Gasteiger charge is 2.33. The molecule has 0 saturated carbocycles. The summed E-state index contributed by atoms with van der Waals surface area (Å²) in [5.41, 5.74) is 5.47. The van der Waals surface area contributed by atoms with Crippen molar-refractivity contribution in [3.63, 3.8) is 0 Å². The van der Waals surface area contributed by atoms with Crippen molar-refractivity contribution in [3.05, 3.63) is 0 Å². The first-order valence-corrected chi connectivity index (χ1v) is 9.35. The fourth-order valence-electron chi connectivity index (χ4n) is 2.11. The standard InChI is InChI=1S/C16H28N4O8S/c1-6(2)12(15(26)19-9(5-29)16(27)28)20-13(24)8(4-10(22)23)18-14(25)11(17)7(3)21/h6-9,11-12,21,29H,4-5,17H2,1-3H3,(H,18,25)(H,19,26)(H,20,24)(H,22,23)(H,27,28). The monoisotopic (exact) mass is 436 g/mol. The molecule has 3 amide bonds. The van der Waals surface area contributed by atoms with Gasteiger partial charge in [-0.15, -0.1) is 0 Å². The van der Waals surface area contributed by atoms with Crippen molar-refractivity contribution in [2.45, 2.75) is 57.5 Å². The van der Waals surface area contributed by atoms with E-state index in [1.165, 1.54) is 6.92 Å². The van der Waals surface area contributed by atoms with Crippen LogP contribution in [0, 0.1) is 5.92 Å². The molecule has 0 spiro atoms. The molecule has 0 heterocycles. The van der Waals surface area contributed by atoms with E-state index in [9.17, 15) is 29.1 Å². The minimum Gasteiger partial charge on any atom is -0.481 e. The largest absolute Gasteiger partial charge is 0.481 e. The van der Waals surface area contributed by atoms with Crippen LogP contribution in [0.1, 0.15) is 27.2 Å². The molecule has 0 rings (SSSR count). The Labute approximate surface area is 173 Å². The Bertz CT molecular complexity index is 628. The van der Waals surface area contributed by atoms with Gasteiger partial charge in [0.2, 0.25) is 17.7 Å². The number of carbonyl (C=O) groups is 5. The van der Waals surface area contributed by atoms with E-state index in [0.717, 1.165) is 0 Å². The topological polar surface area (TPSA) is 208 Å². The number of hydrogen-bond acceptors (Lipinski definition) is 8. The van der Waals surface area contributed by atoms with E-state index in [4.69, 9.17) is 15.9 Å². The number of thiol groups is 1. The SMILES string of the molecule is CC(C)C(NC(=O)C(CC(=O)O)NC(=O)C(N)C(C)O)C(=O)NC(CS)C(=O)O. The maximum atomic E-state index is 12.5. The van der Waals surface area contributed by atoms with Gasteiger partial charge in [0.05, 0.1) is 12.5 Å². The van der Waals surface area contributed by atoms with Crippen molar-refractivity contribution in [3.8, 4) is 0 Å². The van der Waals surface area contributed by atoms with Gasteiger partial charge < -0.3 is 37.0 Å². The van der Waals surface area contributed by atoms with E-state index in [0.29, 0.717) is 0 Å². The summed E-state index contributed by atoms with van der Waals surface area (Å²) < 4.78 is 0. The molecule has 5 unspecified atom stereocenters. The third-order valence-corrected chi connectivity index (χ3v) is 4.24. The normalized spacial score (nSPS) is 16.1. The molecule has 13 heteroatoms. The number of carboxylic acids is 2. The second-order valence-electron chi connectivity index (χ2n) is 6.74. The van der Waals surface area contributed by atoms with Crippen molar-refractivity contribution in [1.29, 1.82) is 0 Å². The van der Waals surface area contributed by atoms with E-state index >= 15 is 0 Å². The molecule has 0 aliphatic heterocycles. The zero-order chi connectivity index (χ0) is 22.9. The highest BCUT2D eigenvalue weighted by Crippen LogP contribution is 2.05. The predicted molar refractivity (Wildman–Crippen MR) is 104 cm³/mol. The number of rotatable bonds is 12. The molecule has 0 bridgehead atoms. The average molecular weight is 436 g/mol. The maximum Gasteiger partial charge on any atom is 0.327 e. The Morgan fingerprint density at radius 3 is 1.79 bits per heavy atom. The Kier molecular flexibility index (Phi) is 11.2. The van der Waals surface area contributed by atoms with Crippen LogP contribution >= 0.6 is 12.6 Å². The summed E-state index contributed by atoms with van der Waals surface area (Å²) in [7, 11) is 0. The molecule has 0 aromatic rings. The number of amides is 3. The van der Waals surface area contributed by atoms with Crippen LogP contribution in [0.5, 0.6) is 0 Å². The first kappa shape index (κ1) is 26.6. The summed E-state index contributed by atoms with van der Waals surface area (Å²) in [6.07, 6.45) is -2.04. The molecule has 0 aliphatic carbocycles. The molecule has 0 aromatic carbocycles. The second kappa shape index (κ2) is 12.2. The number of aliphatic hydroxyl groups excluding tert-OH is 1. The number of carboxylic acid groups (broad SMARTS) is 2. The summed E-state index contributed by atoms with van der Waals surface area (Å²) in [5.74, 6) is -6.13. The van der Waals surface area contributed by atoms with Gasteiger partial charge >= 0.3 is 11.9 Å². The average Bonchev–Trinajstić information content (AvgIpc) is 2.61. The van der Waals surface area contributed by atoms with E-state index < -0.39 is 72.3 Å². The predicted octanol–water partition coefficient (Wildman–Crippen LogP) is -2.71. The van der Waals surface area contributed by atoms with Gasteiger partial charge in [0.1, 0.15) is 24.2 Å². The molecule has 8 N–H and O–H groups in total. The van der Waals surface area contributed by atoms with Gasteiger partial charge in [0, 0.05) is 5.75 Å². The second-order valence-corrected chi connectivity index (χ2v) is 7.10. The zero-order valence-electron chi connectivity index (χ0n) is 16.3. The van der Waals surface area contributed by atoms with E-state index in [2.05, 4.69) is 28.6 Å². The minimum absolute atomic E-state index is 0.186. The molecular formula is C16H28N4O8S. The number of hydrogen-bond donors (Lipinski definition) is 8. The van der Waals surface area contributed by atoms with E-state index in [-0.39, 0.29) is 5.75 Å². The van der Waals surface area contributed by atoms with Crippen LogP contribution in [0.2, 0.25) is 0 Å². The lowest BCUT2D eigenvalue weighted by Crippen LogP contribution is -2.59. The lowest BCUT2D eigenvalue weighted by molar-refractivity contribution is -0.143. The Balaban J connectivity index is 5.38. The number of aliphatic carboxylic acids is 2. The fraction of sp³-hybridized carbons (Fsp3) is 0.688. The molecular weight excluding hydrogens is 408 g/mol. The highest BCUT2D eigenvalue weighted by molar-refractivity contribution is 7.80. The highest BCUT2D eigenvalue weighted by atomic mass is 32.1. The van der Waals surface area contributed by atoms with Crippen molar-refractivity contribution >= 4 is 42.3 Å². The molecule has 0 fully saturated rings. The molecule has 5 atom stereocenters. The Morgan fingerprint density at radius 2 is 1.41 bits per heavy atom. The van der Waals surface area contributed by atoms with Crippen LogP contribution in [0.4, 0.5) is 0 Å². The summed E-state index contributed by atoms with van der Waals surface area (Å²) in [4.78, 5) is 59.0. The van der Waals surface area contributed by atoms with Crippen LogP contribution in [-0.4, -0.2) is 81.0 Å². The third-order valence-electron chi connectivity index (χ3n) is 3.88. The van der Waals surface area contributed by atoms with Gasteiger partial charge in [-0.1, -0.05) is 13.8 Å². The van der Waals surface area contributed by atoms with Crippen molar-refractivity contribution in [2.24, 2.45) is 11.7 Å². The van der Waals surface area contributed by atoms with Crippen molar-refractivity contribution in [1.82, 2.24) is 16.0 Å². The third kappa shape index (κ3) is 9.11. The first-order valence-electron chi connectivity index (χ1n) is 8.72. The first-order chi connectivity index (χ1) is 13.3. The van der Waals surface area contributed by atoms with Gasteiger partial charge in [0.15, 0.2) is 0 Å².